The molecule has 134 valence electrons. The summed E-state index contributed by atoms with van der Waals surface area (Å²) in [6.07, 6.45) is 0.670. The molecule has 1 heterocycles. The molecule has 1 atom stereocenters. The van der Waals surface area contributed by atoms with Gasteiger partial charge >= 0.3 is 0 Å². The van der Waals surface area contributed by atoms with E-state index in [-0.39, 0.29) is 11.9 Å². The number of halogens is 1. The summed E-state index contributed by atoms with van der Waals surface area (Å²) in [6.45, 7) is 2.01. The van der Waals surface area contributed by atoms with Gasteiger partial charge in [0, 0.05) is 17.0 Å². The van der Waals surface area contributed by atoms with Crippen molar-refractivity contribution in [1.29, 1.82) is 0 Å². The molecule has 4 heteroatoms. The zero-order chi connectivity index (χ0) is 18.8. The summed E-state index contributed by atoms with van der Waals surface area (Å²) in [4.78, 5) is 13.2. The average molecular weight is 375 g/mol. The second-order valence-electron chi connectivity index (χ2n) is 6.70. The van der Waals surface area contributed by atoms with E-state index in [0.717, 1.165) is 22.4 Å². The van der Waals surface area contributed by atoms with Crippen molar-refractivity contribution in [3.63, 3.8) is 0 Å². The number of benzene rings is 3. The van der Waals surface area contributed by atoms with Crippen LogP contribution in [0.3, 0.4) is 0 Å². The summed E-state index contributed by atoms with van der Waals surface area (Å²) in [5, 5.41) is 6.99. The van der Waals surface area contributed by atoms with Gasteiger partial charge in [0.15, 0.2) is 0 Å². The van der Waals surface area contributed by atoms with Crippen molar-refractivity contribution in [2.75, 3.05) is 0 Å². The largest absolute Gasteiger partial charge is 0.274 e. The molecule has 1 aliphatic heterocycles. The van der Waals surface area contributed by atoms with E-state index in [2.05, 4.69) is 0 Å². The zero-order valence-corrected chi connectivity index (χ0v) is 15.7. The number of carbonyl (C=O) groups is 1. The summed E-state index contributed by atoms with van der Waals surface area (Å²) in [5.41, 5.74) is 4.73. The van der Waals surface area contributed by atoms with Gasteiger partial charge in [0.05, 0.1) is 11.8 Å². The Kier molecular flexibility index (Phi) is 4.78. The van der Waals surface area contributed by atoms with E-state index in [0.29, 0.717) is 17.0 Å². The lowest BCUT2D eigenvalue weighted by Crippen LogP contribution is -2.27. The van der Waals surface area contributed by atoms with E-state index in [1.807, 2.05) is 85.8 Å². The quantitative estimate of drug-likeness (QED) is 0.583. The first-order valence-electron chi connectivity index (χ1n) is 8.90. The summed E-state index contributed by atoms with van der Waals surface area (Å²) in [6, 6.07) is 25.1. The van der Waals surface area contributed by atoms with Crippen molar-refractivity contribution in [1.82, 2.24) is 5.01 Å². The van der Waals surface area contributed by atoms with Gasteiger partial charge < -0.3 is 0 Å². The van der Waals surface area contributed by atoms with Crippen molar-refractivity contribution in [3.05, 3.63) is 106 Å². The van der Waals surface area contributed by atoms with Gasteiger partial charge in [0.25, 0.3) is 5.91 Å². The molecule has 0 unspecified atom stereocenters. The molecule has 0 saturated heterocycles. The lowest BCUT2D eigenvalue weighted by Gasteiger charge is -2.22. The van der Waals surface area contributed by atoms with Crippen molar-refractivity contribution >= 4 is 23.2 Å². The lowest BCUT2D eigenvalue weighted by atomic mass is 9.98. The maximum Gasteiger partial charge on any atom is 0.274 e. The molecule has 3 aromatic carbocycles. The Morgan fingerprint density at radius 3 is 2.30 bits per heavy atom. The first-order chi connectivity index (χ1) is 13.1. The van der Waals surface area contributed by atoms with E-state index in [1.165, 1.54) is 0 Å². The van der Waals surface area contributed by atoms with E-state index in [9.17, 15) is 4.79 Å². The van der Waals surface area contributed by atoms with Crippen molar-refractivity contribution in [2.24, 2.45) is 5.10 Å². The van der Waals surface area contributed by atoms with Crippen LogP contribution in [0, 0.1) is 6.92 Å². The second kappa shape index (κ2) is 7.37. The molecule has 0 aliphatic carbocycles. The summed E-state index contributed by atoms with van der Waals surface area (Å²) in [7, 11) is 0. The number of aryl methyl sites for hydroxylation is 1. The molecule has 27 heavy (non-hydrogen) atoms. The standard InChI is InChI=1S/C23H19ClN2O/c1-16-7-9-19(10-8-16)23(27)26-22(18-11-13-20(24)14-12-18)15-21(25-26)17-5-3-2-4-6-17/h2-14,22H,15H2,1H3/t22-/m0/s1. The van der Waals surface area contributed by atoms with Crippen LogP contribution in [0.15, 0.2) is 84.0 Å². The highest BCUT2D eigenvalue weighted by molar-refractivity contribution is 6.30. The van der Waals surface area contributed by atoms with E-state index >= 15 is 0 Å². The zero-order valence-electron chi connectivity index (χ0n) is 15.0. The number of nitrogens with zero attached hydrogens (tertiary/aromatic N) is 2. The van der Waals surface area contributed by atoms with Crippen molar-refractivity contribution in [3.8, 4) is 0 Å². The second-order valence-corrected chi connectivity index (χ2v) is 7.14. The minimum atomic E-state index is -0.147. The molecule has 1 aliphatic rings. The number of carbonyl (C=O) groups excluding carboxylic acids is 1. The number of rotatable bonds is 3. The van der Waals surface area contributed by atoms with Crippen molar-refractivity contribution < 1.29 is 4.79 Å². The molecule has 0 radical (unpaired) electrons. The van der Waals surface area contributed by atoms with Gasteiger partial charge in [0.1, 0.15) is 0 Å². The Morgan fingerprint density at radius 2 is 1.63 bits per heavy atom. The molecule has 1 amide bonds. The fourth-order valence-electron chi connectivity index (χ4n) is 3.28. The van der Waals surface area contributed by atoms with Crippen LogP contribution >= 0.6 is 11.6 Å². The summed E-state index contributed by atoms with van der Waals surface area (Å²) >= 11 is 6.04. The van der Waals surface area contributed by atoms with Gasteiger partial charge in [-0.1, -0.05) is 71.8 Å². The lowest BCUT2D eigenvalue weighted by molar-refractivity contribution is 0.0711. The molecule has 0 fully saturated rings. The maximum atomic E-state index is 13.2. The molecule has 3 nitrogen and oxygen atoms in total. The minimum absolute atomic E-state index is 0.0964. The number of amides is 1. The smallest absolute Gasteiger partial charge is 0.267 e. The fourth-order valence-corrected chi connectivity index (χ4v) is 3.40. The Hall–Kier alpha value is -2.91. The predicted octanol–water partition coefficient (Wildman–Crippen LogP) is 5.64. The first kappa shape index (κ1) is 17.5. The van der Waals surface area contributed by atoms with Crippen LogP contribution in [0.4, 0.5) is 0 Å². The number of hydrogen-bond acceptors (Lipinski definition) is 2. The van der Waals surface area contributed by atoms with E-state index < -0.39 is 0 Å². The highest BCUT2D eigenvalue weighted by atomic mass is 35.5. The third-order valence-corrected chi connectivity index (χ3v) is 5.03. The fraction of sp³-hybridized carbons (Fsp3) is 0.130. The van der Waals surface area contributed by atoms with E-state index in [4.69, 9.17) is 16.7 Å². The molecule has 3 aromatic rings. The molecule has 0 N–H and O–H groups in total. The van der Waals surface area contributed by atoms with Crippen LogP contribution in [0.1, 0.15) is 39.5 Å². The van der Waals surface area contributed by atoms with Crippen LogP contribution in [-0.4, -0.2) is 16.6 Å². The predicted molar refractivity (Wildman–Crippen MR) is 109 cm³/mol. The van der Waals surface area contributed by atoms with Gasteiger partial charge in [-0.25, -0.2) is 5.01 Å². The van der Waals surface area contributed by atoms with Crippen LogP contribution in [0.25, 0.3) is 0 Å². The highest BCUT2D eigenvalue weighted by Gasteiger charge is 2.33. The molecule has 4 rings (SSSR count). The molecular weight excluding hydrogens is 356 g/mol. The Morgan fingerprint density at radius 1 is 0.963 bits per heavy atom. The highest BCUT2D eigenvalue weighted by Crippen LogP contribution is 2.34. The molecule has 0 aromatic heterocycles. The monoisotopic (exact) mass is 374 g/mol. The molecule has 0 saturated carbocycles. The van der Waals surface area contributed by atoms with Crippen LogP contribution in [-0.2, 0) is 0 Å². The van der Waals surface area contributed by atoms with Gasteiger partial charge in [-0.15, -0.1) is 0 Å². The number of hydrogen-bond donors (Lipinski definition) is 0. The molecule has 0 bridgehead atoms. The molecule has 0 spiro atoms. The van der Waals surface area contributed by atoms with Gasteiger partial charge in [-0.05, 0) is 42.3 Å². The normalized spacial score (nSPS) is 16.3. The summed E-state index contributed by atoms with van der Waals surface area (Å²) < 4.78 is 0. The van der Waals surface area contributed by atoms with Crippen LogP contribution in [0.5, 0.6) is 0 Å². The number of hydrazone groups is 1. The van der Waals surface area contributed by atoms with Gasteiger partial charge in [-0.2, -0.15) is 5.10 Å². The average Bonchev–Trinajstić information content (AvgIpc) is 3.15. The third kappa shape index (κ3) is 3.64. The van der Waals surface area contributed by atoms with Gasteiger partial charge in [0.2, 0.25) is 0 Å². The topological polar surface area (TPSA) is 32.7 Å². The Bertz CT molecular complexity index is 979. The van der Waals surface area contributed by atoms with E-state index in [1.54, 1.807) is 5.01 Å². The van der Waals surface area contributed by atoms with Crippen molar-refractivity contribution in [2.45, 2.75) is 19.4 Å². The van der Waals surface area contributed by atoms with Crippen LogP contribution < -0.4 is 0 Å². The maximum absolute atomic E-state index is 13.2. The summed E-state index contributed by atoms with van der Waals surface area (Å²) in [5.74, 6) is -0.0964. The third-order valence-electron chi connectivity index (χ3n) is 4.78. The van der Waals surface area contributed by atoms with Gasteiger partial charge in [-0.3, -0.25) is 4.79 Å². The Labute approximate surface area is 163 Å². The minimum Gasteiger partial charge on any atom is -0.267 e. The molecular formula is C23H19ClN2O. The SMILES string of the molecule is Cc1ccc(C(=O)N2N=C(c3ccccc3)C[C@H]2c2ccc(Cl)cc2)cc1. The van der Waals surface area contributed by atoms with Crippen LogP contribution in [0.2, 0.25) is 5.02 Å². The Balaban J connectivity index is 1.72. The first-order valence-corrected chi connectivity index (χ1v) is 9.28.